The summed E-state index contributed by atoms with van der Waals surface area (Å²) in [6.45, 7) is 0. The van der Waals surface area contributed by atoms with E-state index in [1.165, 1.54) is 77.0 Å². The summed E-state index contributed by atoms with van der Waals surface area (Å²) in [5, 5.41) is 5.39. The van der Waals surface area contributed by atoms with E-state index in [1.807, 2.05) is 0 Å². The van der Waals surface area contributed by atoms with Crippen molar-refractivity contribution >= 4 is 75.5 Å². The van der Waals surface area contributed by atoms with Crippen LogP contribution in [0.5, 0.6) is 0 Å². The molecule has 4 aromatic carbocycles. The van der Waals surface area contributed by atoms with Gasteiger partial charge in [-0.15, -0.1) is 0 Å². The molecule has 0 amide bonds. The Labute approximate surface area is 201 Å². The summed E-state index contributed by atoms with van der Waals surface area (Å²) in [7, 11) is 0. The van der Waals surface area contributed by atoms with Gasteiger partial charge in [-0.1, -0.05) is 31.9 Å². The maximum Gasteiger partial charge on any atom is 0.0503 e. The van der Waals surface area contributed by atoms with E-state index in [4.69, 9.17) is 0 Å². The zero-order valence-corrected chi connectivity index (χ0v) is 20.4. The molecule has 2 aliphatic carbocycles. The molecule has 4 heteroatoms. The van der Waals surface area contributed by atoms with Crippen molar-refractivity contribution in [2.75, 3.05) is 0 Å². The highest BCUT2D eigenvalue weighted by atomic mass is 79.9. The van der Waals surface area contributed by atoms with E-state index in [0.717, 1.165) is 34.6 Å². The van der Waals surface area contributed by atoms with Crippen molar-refractivity contribution in [2.45, 2.75) is 25.7 Å². The second-order valence-corrected chi connectivity index (χ2v) is 11.1. The molecule has 32 heavy (non-hydrogen) atoms. The third kappa shape index (κ3) is 2.20. The second-order valence-electron chi connectivity index (χ2n) is 9.25. The minimum absolute atomic E-state index is 1.08. The predicted octanol–water partition coefficient (Wildman–Crippen LogP) is 8.34. The number of H-pyrrole nitrogens is 2. The van der Waals surface area contributed by atoms with Crippen LogP contribution in [0.2, 0.25) is 0 Å². The van der Waals surface area contributed by atoms with E-state index in [9.17, 15) is 0 Å². The Kier molecular flexibility index (Phi) is 3.40. The lowest BCUT2D eigenvalue weighted by atomic mass is 9.74. The Morgan fingerprint density at radius 1 is 0.531 bits per heavy atom. The lowest BCUT2D eigenvalue weighted by Crippen LogP contribution is -2.15. The number of hydrogen-bond acceptors (Lipinski definition) is 0. The van der Waals surface area contributed by atoms with Crippen LogP contribution in [0.25, 0.3) is 54.7 Å². The lowest BCUT2D eigenvalue weighted by molar-refractivity contribution is 0.888. The fourth-order valence-corrected chi connectivity index (χ4v) is 7.03. The number of benzene rings is 4. The molecule has 0 unspecified atom stereocenters. The van der Waals surface area contributed by atoms with Crippen LogP contribution in [-0.4, -0.2) is 9.97 Å². The standard InChI is InChI=1S/C28H18Br2N2/c29-15-3-7-23-19(11-15)21-9-13-1-2-14-10-22-20-12-16(30)4-8-24(20)32-28(22)18-6-5-17(27(21)31-23)25(13)26(14)18/h3-4,7-12,31-32H,1-2,5-6H2. The van der Waals surface area contributed by atoms with E-state index in [2.05, 4.69) is 90.4 Å². The highest BCUT2D eigenvalue weighted by Gasteiger charge is 2.30. The first-order valence-electron chi connectivity index (χ1n) is 11.2. The van der Waals surface area contributed by atoms with E-state index in [1.54, 1.807) is 0 Å². The number of nitrogens with one attached hydrogen (secondary N) is 2. The molecule has 2 aromatic heterocycles. The van der Waals surface area contributed by atoms with Crippen LogP contribution >= 0.6 is 31.9 Å². The quantitative estimate of drug-likeness (QED) is 0.194. The van der Waals surface area contributed by atoms with Gasteiger partial charge in [0.05, 0.1) is 11.0 Å². The molecular weight excluding hydrogens is 524 g/mol. The fraction of sp³-hybridized carbons (Fsp3) is 0.143. The van der Waals surface area contributed by atoms with Gasteiger partial charge in [0, 0.05) is 41.5 Å². The molecule has 0 bridgehead atoms. The molecule has 2 nitrogen and oxygen atoms in total. The average Bonchev–Trinajstić information content (AvgIpc) is 3.34. The van der Waals surface area contributed by atoms with Crippen LogP contribution in [0.4, 0.5) is 0 Å². The van der Waals surface area contributed by atoms with Crippen LogP contribution in [-0.2, 0) is 25.7 Å². The Bertz CT molecular complexity index is 1670. The summed E-state index contributed by atoms with van der Waals surface area (Å²) >= 11 is 7.33. The highest BCUT2D eigenvalue weighted by molar-refractivity contribution is 9.10. The average molecular weight is 542 g/mol. The molecule has 154 valence electrons. The highest BCUT2D eigenvalue weighted by Crippen LogP contribution is 2.49. The van der Waals surface area contributed by atoms with Crippen molar-refractivity contribution < 1.29 is 0 Å². The number of aromatic amines is 2. The largest absolute Gasteiger partial charge is 0.354 e. The Balaban J connectivity index is 1.51. The summed E-state index contributed by atoms with van der Waals surface area (Å²) < 4.78 is 2.27. The van der Waals surface area contributed by atoms with Gasteiger partial charge in [-0.25, -0.2) is 0 Å². The van der Waals surface area contributed by atoms with Crippen molar-refractivity contribution in [1.82, 2.24) is 9.97 Å². The monoisotopic (exact) mass is 540 g/mol. The normalized spacial score (nSPS) is 14.7. The minimum Gasteiger partial charge on any atom is -0.354 e. The Morgan fingerprint density at radius 3 is 1.47 bits per heavy atom. The van der Waals surface area contributed by atoms with E-state index in [-0.39, 0.29) is 0 Å². The van der Waals surface area contributed by atoms with Gasteiger partial charge in [0.1, 0.15) is 0 Å². The van der Waals surface area contributed by atoms with E-state index < -0.39 is 0 Å². The molecule has 0 aliphatic heterocycles. The second kappa shape index (κ2) is 6.06. The first-order chi connectivity index (χ1) is 15.7. The van der Waals surface area contributed by atoms with Crippen molar-refractivity contribution in [3.8, 4) is 11.1 Å². The third-order valence-electron chi connectivity index (χ3n) is 7.63. The van der Waals surface area contributed by atoms with Crippen LogP contribution in [0, 0.1) is 0 Å². The summed E-state index contributed by atoms with van der Waals surface area (Å²) in [6, 6.07) is 18.1. The van der Waals surface area contributed by atoms with E-state index in [0.29, 0.717) is 0 Å². The molecular formula is C28H18Br2N2. The van der Waals surface area contributed by atoms with Gasteiger partial charge in [0.25, 0.3) is 0 Å². The molecule has 6 aromatic rings. The Morgan fingerprint density at radius 2 is 1.00 bits per heavy atom. The smallest absolute Gasteiger partial charge is 0.0503 e. The van der Waals surface area contributed by atoms with Crippen molar-refractivity contribution in [3.63, 3.8) is 0 Å². The predicted molar refractivity (Wildman–Crippen MR) is 141 cm³/mol. The molecule has 0 saturated heterocycles. The summed E-state index contributed by atoms with van der Waals surface area (Å²) in [5.41, 5.74) is 14.2. The van der Waals surface area contributed by atoms with Crippen LogP contribution in [0.1, 0.15) is 22.3 Å². The molecule has 0 spiro atoms. The van der Waals surface area contributed by atoms with E-state index >= 15 is 0 Å². The van der Waals surface area contributed by atoms with Crippen LogP contribution < -0.4 is 0 Å². The van der Waals surface area contributed by atoms with Gasteiger partial charge in [-0.2, -0.15) is 0 Å². The number of fused-ring (bicyclic) bond motifs is 8. The summed E-state index contributed by atoms with van der Waals surface area (Å²) in [4.78, 5) is 7.53. The maximum atomic E-state index is 3.77. The van der Waals surface area contributed by atoms with Crippen molar-refractivity contribution in [1.29, 1.82) is 0 Å². The van der Waals surface area contributed by atoms with Crippen LogP contribution in [0.3, 0.4) is 0 Å². The number of hydrogen-bond donors (Lipinski definition) is 2. The van der Waals surface area contributed by atoms with Gasteiger partial charge in [0.2, 0.25) is 0 Å². The molecule has 8 rings (SSSR count). The molecule has 2 heterocycles. The first kappa shape index (κ1) is 17.9. The molecule has 0 radical (unpaired) electrons. The third-order valence-corrected chi connectivity index (χ3v) is 8.61. The fourth-order valence-electron chi connectivity index (χ4n) is 6.31. The number of rotatable bonds is 0. The molecule has 2 aliphatic rings. The van der Waals surface area contributed by atoms with Crippen molar-refractivity contribution in [3.05, 3.63) is 79.7 Å². The Hall–Kier alpha value is -2.56. The van der Waals surface area contributed by atoms with Gasteiger partial charge in [0.15, 0.2) is 0 Å². The topological polar surface area (TPSA) is 31.6 Å². The molecule has 0 saturated carbocycles. The molecule has 2 N–H and O–H groups in total. The van der Waals surface area contributed by atoms with Gasteiger partial charge >= 0.3 is 0 Å². The van der Waals surface area contributed by atoms with Gasteiger partial charge in [-0.3, -0.25) is 0 Å². The lowest BCUT2D eigenvalue weighted by Gasteiger charge is -2.30. The number of aryl methyl sites for hydroxylation is 4. The van der Waals surface area contributed by atoms with Gasteiger partial charge in [-0.05, 0) is 108 Å². The number of halogens is 2. The van der Waals surface area contributed by atoms with Crippen molar-refractivity contribution in [2.24, 2.45) is 0 Å². The molecule has 0 atom stereocenters. The number of aromatic nitrogens is 2. The minimum atomic E-state index is 1.08. The SMILES string of the molecule is Brc1ccc2[nH]c3c4c5c(cc3c2c1)CCc1cc2c([nH]c3ccc(Br)cc32)c(c1-5)CC4. The zero-order chi connectivity index (χ0) is 21.1. The first-order valence-corrected chi connectivity index (χ1v) is 12.8. The summed E-state index contributed by atoms with van der Waals surface area (Å²) in [6.07, 6.45) is 4.39. The zero-order valence-electron chi connectivity index (χ0n) is 17.2. The van der Waals surface area contributed by atoms with Crippen LogP contribution in [0.15, 0.2) is 57.5 Å². The summed E-state index contributed by atoms with van der Waals surface area (Å²) in [5.74, 6) is 0. The van der Waals surface area contributed by atoms with Gasteiger partial charge < -0.3 is 9.97 Å². The molecule has 0 fully saturated rings. The maximum absolute atomic E-state index is 3.77.